The molecule has 1 aromatic carbocycles. The molecule has 28 heavy (non-hydrogen) atoms. The second-order valence-corrected chi connectivity index (χ2v) is 6.89. The van der Waals surface area contributed by atoms with Crippen LogP contribution in [0.1, 0.15) is 15.9 Å². The summed E-state index contributed by atoms with van der Waals surface area (Å²) in [5.74, 6) is -1.46. The fraction of sp³-hybridized carbons (Fsp3) is 0.375. The molecule has 2 aromatic rings. The summed E-state index contributed by atoms with van der Waals surface area (Å²) in [7, 11) is 0. The molecule has 3 heterocycles. The van der Waals surface area contributed by atoms with Gasteiger partial charge in [0.25, 0.3) is 0 Å². The summed E-state index contributed by atoms with van der Waals surface area (Å²) in [5.41, 5.74) is 0.322. The van der Waals surface area contributed by atoms with Crippen molar-refractivity contribution in [2.75, 3.05) is 13.1 Å². The second-order valence-electron chi connectivity index (χ2n) is 6.89. The highest BCUT2D eigenvalue weighted by Crippen LogP contribution is 2.38. The normalized spacial score (nSPS) is 18.0. The molecule has 0 saturated carbocycles. The zero-order valence-corrected chi connectivity index (χ0v) is 14.8. The number of aromatic nitrogens is 3. The molecule has 1 fully saturated rings. The van der Waals surface area contributed by atoms with Gasteiger partial charge in [0.15, 0.2) is 0 Å². The average molecular weight is 389 g/mol. The van der Waals surface area contributed by atoms with E-state index in [9.17, 15) is 24.7 Å². The number of carboxylic acid groups (broad SMARTS) is 1. The molecule has 11 nitrogen and oxygen atoms in total. The number of fused-ring (bicyclic) bond motifs is 1. The molecule has 148 valence electrons. The third-order valence-corrected chi connectivity index (χ3v) is 4.77. The molecule has 1 saturated heterocycles. The zero-order valence-electron chi connectivity index (χ0n) is 14.8. The Bertz CT molecular complexity index is 912. The number of nitrogens with zero attached hydrogens (tertiary/aromatic N) is 4. The second kappa shape index (κ2) is 6.80. The van der Waals surface area contributed by atoms with Gasteiger partial charge in [0, 0.05) is 6.20 Å². The van der Waals surface area contributed by atoms with Crippen LogP contribution < -0.4 is 9.39 Å². The van der Waals surface area contributed by atoms with E-state index in [4.69, 9.17) is 9.39 Å². The molecule has 0 spiro atoms. The SMILES string of the molecule is O=C(O)c1c(OC2CN(C(=O)Cn3ccnn3)C2)ccc2c1O[B-](O)(O)CC2. The minimum atomic E-state index is -3.09. The molecule has 1 amide bonds. The van der Waals surface area contributed by atoms with Gasteiger partial charge in [-0.15, -0.1) is 5.10 Å². The predicted molar refractivity (Wildman–Crippen MR) is 93.7 cm³/mol. The summed E-state index contributed by atoms with van der Waals surface area (Å²) in [6.07, 6.45) is 2.98. The lowest BCUT2D eigenvalue weighted by Gasteiger charge is -2.40. The maximum Gasteiger partial charge on any atom is 0.430 e. The van der Waals surface area contributed by atoms with Crippen LogP contribution in [0.15, 0.2) is 24.5 Å². The van der Waals surface area contributed by atoms with Gasteiger partial charge in [-0.1, -0.05) is 17.6 Å². The van der Waals surface area contributed by atoms with Crippen molar-refractivity contribution in [3.8, 4) is 11.5 Å². The summed E-state index contributed by atoms with van der Waals surface area (Å²) in [5, 5.41) is 36.5. The fourth-order valence-electron chi connectivity index (χ4n) is 3.28. The van der Waals surface area contributed by atoms with Crippen LogP contribution >= 0.6 is 0 Å². The van der Waals surface area contributed by atoms with E-state index in [2.05, 4.69) is 10.3 Å². The van der Waals surface area contributed by atoms with Crippen LogP contribution in [0.25, 0.3) is 0 Å². The molecule has 3 N–H and O–H groups in total. The first-order chi connectivity index (χ1) is 13.3. The van der Waals surface area contributed by atoms with Crippen molar-refractivity contribution in [1.29, 1.82) is 0 Å². The number of aryl methyl sites for hydroxylation is 1. The molecule has 4 rings (SSSR count). The van der Waals surface area contributed by atoms with Gasteiger partial charge in [-0.25, -0.2) is 9.48 Å². The van der Waals surface area contributed by atoms with Gasteiger partial charge in [0.05, 0.1) is 25.0 Å². The molecule has 0 radical (unpaired) electrons. The molecule has 0 aliphatic carbocycles. The van der Waals surface area contributed by atoms with Gasteiger partial charge in [0.1, 0.15) is 24.0 Å². The van der Waals surface area contributed by atoms with E-state index < -0.39 is 12.7 Å². The maximum absolute atomic E-state index is 12.1. The minimum Gasteiger partial charge on any atom is -0.669 e. The zero-order chi connectivity index (χ0) is 19.9. The van der Waals surface area contributed by atoms with Gasteiger partial charge in [-0.05, 0) is 18.1 Å². The number of amides is 1. The van der Waals surface area contributed by atoms with Crippen LogP contribution in [0.5, 0.6) is 11.5 Å². The number of aromatic carboxylic acids is 1. The van der Waals surface area contributed by atoms with Crippen LogP contribution in [0.3, 0.4) is 0 Å². The Labute approximate surface area is 159 Å². The Morgan fingerprint density at radius 3 is 2.79 bits per heavy atom. The van der Waals surface area contributed by atoms with Crippen molar-refractivity contribution in [1.82, 2.24) is 19.9 Å². The maximum atomic E-state index is 12.1. The molecule has 1 aromatic heterocycles. The standard InChI is InChI=1S/C16H18BN4O7/c22-13(9-21-6-5-18-19-21)20-7-11(8-20)27-12-2-1-10-3-4-17(25,26)28-15(10)14(12)16(23)24/h1-2,5-6,11,25-26H,3-4,7-9H2,(H,23,24)/q-1. The van der Waals surface area contributed by atoms with E-state index >= 15 is 0 Å². The Morgan fingerprint density at radius 2 is 2.11 bits per heavy atom. The van der Waals surface area contributed by atoms with E-state index in [0.29, 0.717) is 18.7 Å². The average Bonchev–Trinajstić information content (AvgIpc) is 3.08. The molecule has 12 heteroatoms. The molecular formula is C16H18BN4O7-. The third kappa shape index (κ3) is 3.51. The van der Waals surface area contributed by atoms with E-state index in [0.717, 1.165) is 0 Å². The van der Waals surface area contributed by atoms with E-state index in [1.165, 1.54) is 16.9 Å². The van der Waals surface area contributed by atoms with E-state index in [1.54, 1.807) is 17.2 Å². The first-order valence-electron chi connectivity index (χ1n) is 8.79. The lowest BCUT2D eigenvalue weighted by Crippen LogP contribution is -2.57. The predicted octanol–water partition coefficient (Wildman–Crippen LogP) is -0.876. The molecule has 2 aliphatic rings. The van der Waals surface area contributed by atoms with E-state index in [1.807, 2.05) is 0 Å². The van der Waals surface area contributed by atoms with Crippen molar-refractivity contribution in [3.05, 3.63) is 35.7 Å². The topological polar surface area (TPSA) is 147 Å². The number of ether oxygens (including phenoxy) is 1. The Kier molecular flexibility index (Phi) is 4.44. The number of hydrogen-bond donors (Lipinski definition) is 3. The molecule has 2 aliphatic heterocycles. The highest BCUT2D eigenvalue weighted by molar-refractivity contribution is 6.59. The number of carboxylic acids is 1. The van der Waals surface area contributed by atoms with Gasteiger partial charge >= 0.3 is 12.7 Å². The van der Waals surface area contributed by atoms with Crippen molar-refractivity contribution in [2.24, 2.45) is 0 Å². The van der Waals surface area contributed by atoms with Crippen molar-refractivity contribution < 1.29 is 34.1 Å². The summed E-state index contributed by atoms with van der Waals surface area (Å²) >= 11 is 0. The Morgan fingerprint density at radius 1 is 1.32 bits per heavy atom. The Balaban J connectivity index is 1.45. The van der Waals surface area contributed by atoms with Gasteiger partial charge in [-0.2, -0.15) is 0 Å². The quantitative estimate of drug-likeness (QED) is 0.555. The minimum absolute atomic E-state index is 0.00225. The van der Waals surface area contributed by atoms with Crippen LogP contribution in [0.4, 0.5) is 0 Å². The third-order valence-electron chi connectivity index (χ3n) is 4.77. The number of carbonyl (C=O) groups is 2. The number of benzene rings is 1. The number of hydrogen-bond acceptors (Lipinski definition) is 8. The summed E-state index contributed by atoms with van der Waals surface area (Å²) in [6.45, 7) is -2.42. The molecule has 0 bridgehead atoms. The Hall–Kier alpha value is -3.12. The van der Waals surface area contributed by atoms with E-state index in [-0.39, 0.29) is 48.4 Å². The fourth-order valence-corrected chi connectivity index (χ4v) is 3.28. The number of rotatable bonds is 5. The highest BCUT2D eigenvalue weighted by atomic mass is 16.6. The molecule has 0 unspecified atom stereocenters. The number of carbonyl (C=O) groups excluding carboxylic acids is 1. The summed E-state index contributed by atoms with van der Waals surface area (Å²) in [4.78, 5) is 25.5. The van der Waals surface area contributed by atoms with Crippen molar-refractivity contribution >= 4 is 18.6 Å². The largest absolute Gasteiger partial charge is 0.669 e. The first kappa shape index (κ1) is 18.3. The van der Waals surface area contributed by atoms with Gasteiger partial charge in [-0.3, -0.25) is 4.79 Å². The van der Waals surface area contributed by atoms with Crippen molar-refractivity contribution in [3.63, 3.8) is 0 Å². The smallest absolute Gasteiger partial charge is 0.430 e. The summed E-state index contributed by atoms with van der Waals surface area (Å²) < 4.78 is 12.3. The van der Waals surface area contributed by atoms with Gasteiger partial charge < -0.3 is 29.4 Å². The van der Waals surface area contributed by atoms with Crippen LogP contribution in [0, 0.1) is 0 Å². The first-order valence-corrected chi connectivity index (χ1v) is 8.79. The number of likely N-dealkylation sites (tertiary alicyclic amines) is 1. The monoisotopic (exact) mass is 389 g/mol. The van der Waals surface area contributed by atoms with Crippen LogP contribution in [0.2, 0.25) is 6.32 Å². The van der Waals surface area contributed by atoms with Gasteiger partial charge in [0.2, 0.25) is 5.91 Å². The lowest BCUT2D eigenvalue weighted by atomic mass is 9.70. The lowest BCUT2D eigenvalue weighted by molar-refractivity contribution is -0.140. The van der Waals surface area contributed by atoms with Crippen LogP contribution in [-0.4, -0.2) is 72.9 Å². The molecular weight excluding hydrogens is 371 g/mol. The molecule has 0 atom stereocenters. The highest BCUT2D eigenvalue weighted by Gasteiger charge is 2.36. The van der Waals surface area contributed by atoms with Crippen molar-refractivity contribution in [2.45, 2.75) is 25.4 Å². The van der Waals surface area contributed by atoms with Crippen LogP contribution in [-0.2, 0) is 17.8 Å². The summed E-state index contributed by atoms with van der Waals surface area (Å²) in [6, 6.07) is 3.18.